The molecule has 1 saturated carbocycles. The zero-order valence-electron chi connectivity index (χ0n) is 11.1. The van der Waals surface area contributed by atoms with E-state index in [1.165, 1.54) is 11.8 Å². The molecule has 3 N–H and O–H groups in total. The van der Waals surface area contributed by atoms with Gasteiger partial charge in [-0.15, -0.1) is 0 Å². The van der Waals surface area contributed by atoms with E-state index < -0.39 is 10.0 Å². The third-order valence-electron chi connectivity index (χ3n) is 4.57. The van der Waals surface area contributed by atoms with Crippen molar-refractivity contribution in [2.45, 2.75) is 12.3 Å². The first-order chi connectivity index (χ1) is 8.80. The quantitative estimate of drug-likeness (QED) is 0.802. The Morgan fingerprint density at radius 2 is 2.00 bits per heavy atom. The van der Waals surface area contributed by atoms with Crippen molar-refractivity contribution >= 4 is 15.7 Å². The number of anilines is 1. The molecule has 6 heteroatoms. The molecule has 0 amide bonds. The lowest BCUT2D eigenvalue weighted by atomic mass is 9.92. The molecule has 2 fully saturated rings. The van der Waals surface area contributed by atoms with Crippen LogP contribution in [0.2, 0.25) is 0 Å². The van der Waals surface area contributed by atoms with Crippen LogP contribution >= 0.6 is 0 Å². The molecule has 2 atom stereocenters. The molecular formula is C13H19N3O2S. The van der Waals surface area contributed by atoms with Crippen molar-refractivity contribution in [2.75, 3.05) is 24.1 Å². The van der Waals surface area contributed by atoms with Gasteiger partial charge in [0.05, 0.1) is 6.26 Å². The van der Waals surface area contributed by atoms with Gasteiger partial charge in [0.15, 0.2) is 0 Å². The second kappa shape index (κ2) is 3.94. The van der Waals surface area contributed by atoms with Gasteiger partial charge in [-0.3, -0.25) is 10.6 Å². The molecule has 19 heavy (non-hydrogen) atoms. The topological polar surface area (TPSA) is 75.4 Å². The molecule has 1 aliphatic carbocycles. The number of hydrazine groups is 1. The van der Waals surface area contributed by atoms with Crippen LogP contribution in [0.5, 0.6) is 0 Å². The Balaban J connectivity index is 1.86. The number of rotatable bonds is 3. The fourth-order valence-electron chi connectivity index (χ4n) is 3.47. The summed E-state index contributed by atoms with van der Waals surface area (Å²) < 4.78 is 25.1. The van der Waals surface area contributed by atoms with Crippen molar-refractivity contribution in [3.63, 3.8) is 0 Å². The van der Waals surface area contributed by atoms with E-state index in [1.807, 2.05) is 17.1 Å². The minimum Gasteiger partial charge on any atom is -0.284 e. The number of nitrogens with zero attached hydrogens (tertiary/aromatic N) is 1. The zero-order valence-corrected chi connectivity index (χ0v) is 11.9. The Labute approximate surface area is 113 Å². The maximum Gasteiger partial charge on any atom is 0.229 e. The Morgan fingerprint density at radius 1 is 1.37 bits per heavy atom. The second-order valence-corrected chi connectivity index (χ2v) is 7.65. The van der Waals surface area contributed by atoms with E-state index >= 15 is 0 Å². The summed E-state index contributed by atoms with van der Waals surface area (Å²) in [6.45, 7) is 4.09. The molecule has 2 unspecified atom stereocenters. The van der Waals surface area contributed by atoms with Crippen LogP contribution < -0.4 is 10.6 Å². The van der Waals surface area contributed by atoms with Gasteiger partial charge in [-0.25, -0.2) is 13.4 Å². The Bertz CT molecular complexity index is 602. The van der Waals surface area contributed by atoms with Crippen molar-refractivity contribution in [1.82, 2.24) is 5.01 Å². The molecule has 0 radical (unpaired) electrons. The lowest BCUT2D eigenvalue weighted by Gasteiger charge is -2.21. The van der Waals surface area contributed by atoms with Gasteiger partial charge >= 0.3 is 0 Å². The fourth-order valence-corrected chi connectivity index (χ4v) is 4.03. The Kier molecular flexibility index (Phi) is 2.68. The highest BCUT2D eigenvalue weighted by molar-refractivity contribution is 7.92. The van der Waals surface area contributed by atoms with Crippen molar-refractivity contribution in [1.29, 1.82) is 0 Å². The van der Waals surface area contributed by atoms with Gasteiger partial charge in [-0.05, 0) is 29.5 Å². The first-order valence-electron chi connectivity index (χ1n) is 6.38. The van der Waals surface area contributed by atoms with Crippen LogP contribution in [0.25, 0.3) is 0 Å². The molecule has 1 aromatic carbocycles. The smallest absolute Gasteiger partial charge is 0.229 e. The SMILES string of the molecule is CC1(c2cccc(NS(C)(=O)=O)c2)C2CN(N)CC21. The van der Waals surface area contributed by atoms with Gasteiger partial charge in [-0.2, -0.15) is 0 Å². The maximum absolute atomic E-state index is 11.3. The highest BCUT2D eigenvalue weighted by atomic mass is 32.2. The molecule has 0 spiro atoms. The number of nitrogens with two attached hydrogens (primary N) is 1. The predicted octanol–water partition coefficient (Wildman–Crippen LogP) is 0.751. The minimum absolute atomic E-state index is 0.144. The summed E-state index contributed by atoms with van der Waals surface area (Å²) in [4.78, 5) is 0. The molecule has 2 aliphatic rings. The monoisotopic (exact) mass is 281 g/mol. The summed E-state index contributed by atoms with van der Waals surface area (Å²) in [5, 5.41) is 1.87. The molecule has 1 aromatic rings. The number of piperidine rings is 1. The highest BCUT2D eigenvalue weighted by Crippen LogP contribution is 2.62. The van der Waals surface area contributed by atoms with Gasteiger partial charge in [0, 0.05) is 24.2 Å². The molecule has 1 saturated heterocycles. The number of nitrogens with one attached hydrogen (secondary N) is 1. The standard InChI is InChI=1S/C13H19N3O2S/c1-13(11-7-16(14)8-12(11)13)9-4-3-5-10(6-9)15-19(2,17)18/h3-6,11-12,15H,7-8,14H2,1-2H3. The van der Waals surface area contributed by atoms with Crippen LogP contribution in [0.3, 0.4) is 0 Å². The van der Waals surface area contributed by atoms with Crippen molar-refractivity contribution in [3.05, 3.63) is 29.8 Å². The first-order valence-corrected chi connectivity index (χ1v) is 8.28. The average molecular weight is 281 g/mol. The third kappa shape index (κ3) is 2.13. The summed E-state index contributed by atoms with van der Waals surface area (Å²) in [5.41, 5.74) is 1.98. The van der Waals surface area contributed by atoms with E-state index in [1.54, 1.807) is 6.07 Å². The van der Waals surface area contributed by atoms with E-state index in [-0.39, 0.29) is 5.41 Å². The van der Waals surface area contributed by atoms with Gasteiger partial charge in [0.25, 0.3) is 0 Å². The average Bonchev–Trinajstić information content (AvgIpc) is 2.69. The van der Waals surface area contributed by atoms with Crippen molar-refractivity contribution < 1.29 is 8.42 Å². The maximum atomic E-state index is 11.3. The largest absolute Gasteiger partial charge is 0.284 e. The van der Waals surface area contributed by atoms with E-state index in [0.717, 1.165) is 13.1 Å². The predicted molar refractivity (Wildman–Crippen MR) is 75.0 cm³/mol. The van der Waals surface area contributed by atoms with Crippen LogP contribution in [0, 0.1) is 11.8 Å². The van der Waals surface area contributed by atoms with Gasteiger partial charge in [-0.1, -0.05) is 19.1 Å². The fraction of sp³-hybridized carbons (Fsp3) is 0.538. The number of hydrogen-bond donors (Lipinski definition) is 2. The summed E-state index contributed by atoms with van der Waals surface area (Å²) >= 11 is 0. The molecule has 1 aliphatic heterocycles. The van der Waals surface area contributed by atoms with Crippen LogP contribution in [0.1, 0.15) is 12.5 Å². The van der Waals surface area contributed by atoms with Crippen molar-refractivity contribution in [3.8, 4) is 0 Å². The van der Waals surface area contributed by atoms with E-state index in [2.05, 4.69) is 17.7 Å². The molecule has 0 aromatic heterocycles. The summed E-state index contributed by atoms with van der Waals surface area (Å²) in [7, 11) is -3.22. The van der Waals surface area contributed by atoms with Gasteiger partial charge < -0.3 is 0 Å². The number of benzene rings is 1. The number of fused-ring (bicyclic) bond motifs is 1. The highest BCUT2D eigenvalue weighted by Gasteiger charge is 2.65. The Hall–Kier alpha value is -1.11. The molecule has 5 nitrogen and oxygen atoms in total. The van der Waals surface area contributed by atoms with Crippen molar-refractivity contribution in [2.24, 2.45) is 17.7 Å². The zero-order chi connectivity index (χ0) is 13.8. The van der Waals surface area contributed by atoms with E-state index in [0.29, 0.717) is 17.5 Å². The minimum atomic E-state index is -3.22. The summed E-state index contributed by atoms with van der Waals surface area (Å²) in [5.74, 6) is 6.99. The summed E-state index contributed by atoms with van der Waals surface area (Å²) in [6, 6.07) is 7.70. The summed E-state index contributed by atoms with van der Waals surface area (Å²) in [6.07, 6.45) is 1.17. The number of hydrogen-bond acceptors (Lipinski definition) is 4. The number of sulfonamides is 1. The molecule has 1 heterocycles. The van der Waals surface area contributed by atoms with Crippen LogP contribution in [-0.2, 0) is 15.4 Å². The molecule has 3 rings (SSSR count). The van der Waals surface area contributed by atoms with E-state index in [4.69, 9.17) is 5.84 Å². The second-order valence-electron chi connectivity index (χ2n) is 5.90. The van der Waals surface area contributed by atoms with Crippen LogP contribution in [0.4, 0.5) is 5.69 Å². The molecule has 0 bridgehead atoms. The lowest BCUT2D eigenvalue weighted by Crippen LogP contribution is -2.34. The van der Waals surface area contributed by atoms with E-state index in [9.17, 15) is 8.42 Å². The first kappa shape index (κ1) is 12.9. The van der Waals surface area contributed by atoms with Crippen LogP contribution in [0.15, 0.2) is 24.3 Å². The molecular weight excluding hydrogens is 262 g/mol. The van der Waals surface area contributed by atoms with Gasteiger partial charge in [0.1, 0.15) is 0 Å². The van der Waals surface area contributed by atoms with Gasteiger partial charge in [0.2, 0.25) is 10.0 Å². The Morgan fingerprint density at radius 3 is 2.58 bits per heavy atom. The lowest BCUT2D eigenvalue weighted by molar-refractivity contribution is 0.287. The third-order valence-corrected chi connectivity index (χ3v) is 5.17. The molecule has 104 valence electrons. The normalized spacial score (nSPS) is 34.1. The van der Waals surface area contributed by atoms with Crippen LogP contribution in [-0.4, -0.2) is 32.8 Å².